The van der Waals surface area contributed by atoms with Crippen LogP contribution >= 0.6 is 0 Å². The predicted molar refractivity (Wildman–Crippen MR) is 5.75 cm³/mol. The van der Waals surface area contributed by atoms with Gasteiger partial charge < -0.3 is 28.2 Å². The van der Waals surface area contributed by atoms with E-state index in [-0.39, 0.29) is 33.8 Å². The van der Waals surface area contributed by atoms with Crippen molar-refractivity contribution in [3.63, 3.8) is 0 Å². The molecule has 0 aliphatic rings. The van der Waals surface area contributed by atoms with Gasteiger partial charge in [0.2, 0.25) is 0 Å². The van der Waals surface area contributed by atoms with Crippen LogP contribution in [0.25, 0.3) is 0 Å². The Hall–Kier alpha value is 1.08. The van der Waals surface area contributed by atoms with Crippen molar-refractivity contribution in [2.24, 2.45) is 0 Å². The van der Waals surface area contributed by atoms with Crippen molar-refractivity contribution < 1.29 is 53.0 Å². The average molecular weight is 215 g/mol. The van der Waals surface area contributed by atoms with Crippen LogP contribution in [-0.4, -0.2) is 9.05 Å². The quantitative estimate of drug-likeness (QED) is 0.377. The molecule has 0 N–H and O–H groups in total. The Labute approximate surface area is 62.3 Å². The van der Waals surface area contributed by atoms with Gasteiger partial charge in [-0.25, -0.2) is 0 Å². The van der Waals surface area contributed by atoms with Gasteiger partial charge >= 0.3 is 33.8 Å². The first-order chi connectivity index (χ1) is 2.00. The molecule has 0 rings (SSSR count). The van der Waals surface area contributed by atoms with E-state index in [4.69, 9.17) is 19.2 Å². The van der Waals surface area contributed by atoms with Gasteiger partial charge in [0.15, 0.2) is 0 Å². The summed E-state index contributed by atoms with van der Waals surface area (Å²) in [6, 6.07) is 0. The molecule has 48 valence electrons. The van der Waals surface area contributed by atoms with Crippen LogP contribution < -0.4 is 19.2 Å². The minimum Gasteiger partial charge on any atom is -0.894 e. The molecule has 0 aromatic rings. The van der Waals surface area contributed by atoms with E-state index in [1.54, 1.807) is 0 Å². The molecule has 2 radical (unpaired) electrons. The van der Waals surface area contributed by atoms with Crippen LogP contribution in [0.4, 0.5) is 0 Å². The Bertz CT molecular complexity index is 27.2. The van der Waals surface area contributed by atoms with Crippen LogP contribution in [0, 0.1) is 0 Å². The summed E-state index contributed by atoms with van der Waals surface area (Å²) in [5, 5.41) is 0. The second-order valence-corrected chi connectivity index (χ2v) is 1.50. The average Bonchev–Trinajstić information content (AvgIpc) is 0.722. The summed E-state index contributed by atoms with van der Waals surface area (Å²) in [6.07, 6.45) is 0. The Morgan fingerprint density at radius 1 is 0.857 bits per heavy atom. The molecule has 0 aromatic carbocycles. The van der Waals surface area contributed by atoms with E-state index in [9.17, 15) is 0 Å². The third-order valence-electron chi connectivity index (χ3n) is 0. The first kappa shape index (κ1) is 15.7. The second kappa shape index (κ2) is 5.22. The fourth-order valence-corrected chi connectivity index (χ4v) is 0. The molecule has 7 heavy (non-hydrogen) atoms. The first-order valence-electron chi connectivity index (χ1n) is 0.816. The molecule has 0 aliphatic carbocycles. The van der Waals surface area contributed by atoms with Gasteiger partial charge in [-0.1, -0.05) is 0 Å². The van der Waals surface area contributed by atoms with Crippen molar-refractivity contribution in [1.29, 1.82) is 0 Å². The van der Waals surface area contributed by atoms with Crippen molar-refractivity contribution in [2.75, 3.05) is 0 Å². The molecule has 0 unspecified atom stereocenters. The van der Waals surface area contributed by atoms with Gasteiger partial charge in [-0.3, -0.25) is 0 Å². The zero-order valence-electron chi connectivity index (χ0n) is 2.77. The zero-order valence-corrected chi connectivity index (χ0v) is 5.75. The molecule has 0 fully saturated rings. The van der Waals surface area contributed by atoms with Crippen LogP contribution in [0.2, 0.25) is 0 Å². The number of rotatable bonds is 0. The van der Waals surface area contributed by atoms with Crippen molar-refractivity contribution in [2.45, 2.75) is 0 Å². The summed E-state index contributed by atoms with van der Waals surface area (Å²) in [7, 11) is -5.61. The molecular formula is CoCuO4Si. The fourth-order valence-electron chi connectivity index (χ4n) is 0. The molecule has 4 nitrogen and oxygen atoms in total. The molecule has 0 saturated carbocycles. The van der Waals surface area contributed by atoms with Crippen LogP contribution in [0.15, 0.2) is 0 Å². The van der Waals surface area contributed by atoms with E-state index < -0.39 is 9.05 Å². The Morgan fingerprint density at radius 2 is 0.857 bits per heavy atom. The molecule has 0 amide bonds. The molecule has 0 aromatic heterocycles. The molecular weight excluding hydrogens is 215 g/mol. The van der Waals surface area contributed by atoms with Crippen molar-refractivity contribution in [1.82, 2.24) is 0 Å². The van der Waals surface area contributed by atoms with E-state index in [0.29, 0.717) is 0 Å². The largest absolute Gasteiger partial charge is 2.00 e. The van der Waals surface area contributed by atoms with E-state index in [1.807, 2.05) is 0 Å². The van der Waals surface area contributed by atoms with Crippen LogP contribution in [0.5, 0.6) is 0 Å². The van der Waals surface area contributed by atoms with Gasteiger partial charge in [0.25, 0.3) is 0 Å². The topological polar surface area (TPSA) is 92.2 Å². The predicted octanol–water partition coefficient (Wildman–Crippen LogP) is -5.14. The van der Waals surface area contributed by atoms with Gasteiger partial charge in [-0.05, 0) is 0 Å². The molecule has 0 spiro atoms. The number of hydrogen-bond donors (Lipinski definition) is 0. The maximum absolute atomic E-state index is 8.58. The third-order valence-corrected chi connectivity index (χ3v) is 0. The molecule has 0 aliphatic heterocycles. The van der Waals surface area contributed by atoms with Crippen molar-refractivity contribution in [3.8, 4) is 0 Å². The maximum atomic E-state index is 8.58. The second-order valence-electron chi connectivity index (χ2n) is 0.500. The maximum Gasteiger partial charge on any atom is 2.00 e. The number of hydrogen-bond acceptors (Lipinski definition) is 4. The fraction of sp³-hybridized carbons (Fsp3) is 0. The van der Waals surface area contributed by atoms with E-state index in [2.05, 4.69) is 0 Å². The van der Waals surface area contributed by atoms with Gasteiger partial charge in [-0.15, -0.1) is 0 Å². The van der Waals surface area contributed by atoms with E-state index in [1.165, 1.54) is 0 Å². The molecule has 7 heteroatoms. The zero-order chi connectivity index (χ0) is 4.50. The minimum atomic E-state index is -5.61. The minimum absolute atomic E-state index is 0. The van der Waals surface area contributed by atoms with Gasteiger partial charge in [0.05, 0.1) is 0 Å². The Balaban J connectivity index is -0.0000000800. The Morgan fingerprint density at radius 3 is 0.857 bits per heavy atom. The van der Waals surface area contributed by atoms with Crippen LogP contribution in [0.3, 0.4) is 0 Å². The van der Waals surface area contributed by atoms with E-state index >= 15 is 0 Å². The summed E-state index contributed by atoms with van der Waals surface area (Å²) in [6.45, 7) is 0. The standard InChI is InChI=1S/Co.Cu.O4Si/c;;1-5(2,3)4/q2*+2;-4. The smallest absolute Gasteiger partial charge is 0.894 e. The summed E-state index contributed by atoms with van der Waals surface area (Å²) in [4.78, 5) is 34.3. The molecule has 0 atom stereocenters. The summed E-state index contributed by atoms with van der Waals surface area (Å²) < 4.78 is 0. The normalized spacial score (nSPS) is 8.57. The summed E-state index contributed by atoms with van der Waals surface area (Å²) in [5.74, 6) is 0. The molecule has 0 bridgehead atoms. The summed E-state index contributed by atoms with van der Waals surface area (Å²) in [5.41, 5.74) is 0. The summed E-state index contributed by atoms with van der Waals surface area (Å²) >= 11 is 0. The van der Waals surface area contributed by atoms with Crippen LogP contribution in [-0.2, 0) is 33.8 Å². The van der Waals surface area contributed by atoms with Gasteiger partial charge in [0, 0.05) is 0 Å². The van der Waals surface area contributed by atoms with Gasteiger partial charge in [0.1, 0.15) is 0 Å². The Kier molecular flexibility index (Phi) is 11.7. The van der Waals surface area contributed by atoms with E-state index in [0.717, 1.165) is 0 Å². The molecule has 0 saturated heterocycles. The SMILES string of the molecule is [Co+2].[Cu+2].[O-][Si]([O-])([O-])[O-]. The van der Waals surface area contributed by atoms with Crippen molar-refractivity contribution in [3.05, 3.63) is 0 Å². The molecule has 0 heterocycles. The first-order valence-corrected chi connectivity index (χ1v) is 2.45. The van der Waals surface area contributed by atoms with Crippen LogP contribution in [0.1, 0.15) is 0 Å². The monoisotopic (exact) mass is 214 g/mol. The van der Waals surface area contributed by atoms with Gasteiger partial charge in [-0.2, -0.15) is 0 Å². The third kappa shape index (κ3) is 156. The van der Waals surface area contributed by atoms with Crippen molar-refractivity contribution >= 4 is 9.05 Å².